The van der Waals surface area contributed by atoms with E-state index in [2.05, 4.69) is 45.4 Å². The molecule has 1 atom stereocenters. The highest BCUT2D eigenvalue weighted by molar-refractivity contribution is 7.91. The van der Waals surface area contributed by atoms with Gasteiger partial charge in [0.1, 0.15) is 10.9 Å². The van der Waals surface area contributed by atoms with Gasteiger partial charge in [0.05, 0.1) is 29.2 Å². The molecule has 224 valence electrons. The van der Waals surface area contributed by atoms with E-state index >= 15 is 0 Å². The van der Waals surface area contributed by atoms with Gasteiger partial charge in [-0.15, -0.1) is 0 Å². The number of likely N-dealkylation sites (tertiary alicyclic amines) is 1. The normalized spacial score (nSPS) is 18.1. The maximum absolute atomic E-state index is 13.8. The fourth-order valence-electron chi connectivity index (χ4n) is 6.84. The number of piperidine rings is 1. The average molecular weight is 600 g/mol. The van der Waals surface area contributed by atoms with Gasteiger partial charge in [-0.3, -0.25) is 9.69 Å². The lowest BCUT2D eigenvalue weighted by Crippen LogP contribution is -2.38. The lowest BCUT2D eigenvalue weighted by atomic mass is 9.84. The molecule has 0 radical (unpaired) electrons. The topological polar surface area (TPSA) is 112 Å². The summed E-state index contributed by atoms with van der Waals surface area (Å²) in [6.07, 6.45) is 7.28. The summed E-state index contributed by atoms with van der Waals surface area (Å²) in [7, 11) is 1.80. The van der Waals surface area contributed by atoms with Crippen molar-refractivity contribution in [1.82, 2.24) is 24.6 Å². The summed E-state index contributed by atoms with van der Waals surface area (Å²) in [6, 6.07) is 12.7. The summed E-state index contributed by atoms with van der Waals surface area (Å²) in [5, 5.41) is 6.45. The van der Waals surface area contributed by atoms with Gasteiger partial charge in [-0.05, 0) is 48.4 Å². The fourth-order valence-corrected chi connectivity index (χ4v) is 7.71. The van der Waals surface area contributed by atoms with Crippen LogP contribution in [-0.2, 0) is 29.5 Å². The molecule has 43 heavy (non-hydrogen) atoms. The number of ether oxygens (including phenoxy) is 1. The van der Waals surface area contributed by atoms with Gasteiger partial charge in [-0.2, -0.15) is 0 Å². The number of fused-ring (bicyclic) bond motifs is 3. The molecule has 4 aromatic heterocycles. The molecule has 2 fully saturated rings. The van der Waals surface area contributed by atoms with Crippen LogP contribution in [0.25, 0.3) is 44.5 Å². The van der Waals surface area contributed by atoms with E-state index in [0.717, 1.165) is 89.8 Å². The number of H-pyrrole nitrogens is 1. The third-order valence-electron chi connectivity index (χ3n) is 9.24. The summed E-state index contributed by atoms with van der Waals surface area (Å²) in [5.41, 5.74) is 7.13. The summed E-state index contributed by atoms with van der Waals surface area (Å²) in [5.74, 6) is 0.654. The van der Waals surface area contributed by atoms with E-state index in [-0.39, 0.29) is 11.5 Å². The van der Waals surface area contributed by atoms with Crippen molar-refractivity contribution in [3.63, 3.8) is 0 Å². The Balaban J connectivity index is 1.29. The molecule has 0 amide bonds. The van der Waals surface area contributed by atoms with Crippen LogP contribution in [0.3, 0.4) is 0 Å². The second kappa shape index (κ2) is 11.6. The summed E-state index contributed by atoms with van der Waals surface area (Å²) in [6.45, 7) is 6.06. The van der Waals surface area contributed by atoms with Crippen molar-refractivity contribution >= 4 is 33.1 Å². The third-order valence-corrected chi connectivity index (χ3v) is 10.6. The van der Waals surface area contributed by atoms with Crippen LogP contribution >= 0.6 is 0 Å². The molecule has 9 nitrogen and oxygen atoms in total. The first-order valence-electron chi connectivity index (χ1n) is 15.1. The van der Waals surface area contributed by atoms with Gasteiger partial charge >= 0.3 is 0 Å². The quantitative estimate of drug-likeness (QED) is 0.264. The largest absolute Gasteiger partial charge is 0.616 e. The standard InChI is InChI=1S/C33H37N5O4S/c1-20-16-28(42-36-20)31-29(23-10-14-41-15-11-23)30-25-17-26(35-32(25)34-18-27(30)37(2)33(31)39)22-6-4-21(5-7-22)19-38-12-8-24(9-13-38)43(3)40/h4-7,16-18,23-24H,8-15,19H2,1-3H3,(H,34,35). The highest BCUT2D eigenvalue weighted by Crippen LogP contribution is 2.41. The van der Waals surface area contributed by atoms with Crippen LogP contribution in [0.5, 0.6) is 0 Å². The molecule has 2 aliphatic heterocycles. The third kappa shape index (κ3) is 5.31. The molecule has 6 heterocycles. The predicted octanol–water partition coefficient (Wildman–Crippen LogP) is 5.28. The number of nitrogens with zero attached hydrogens (tertiary/aromatic N) is 4. The highest BCUT2D eigenvalue weighted by Gasteiger charge is 2.29. The van der Waals surface area contributed by atoms with Crippen molar-refractivity contribution in [2.24, 2.45) is 7.05 Å². The Morgan fingerprint density at radius 1 is 1.09 bits per heavy atom. The van der Waals surface area contributed by atoms with Crippen molar-refractivity contribution in [2.75, 3.05) is 32.6 Å². The van der Waals surface area contributed by atoms with Crippen LogP contribution in [-0.4, -0.2) is 67.0 Å². The van der Waals surface area contributed by atoms with Gasteiger partial charge in [-0.1, -0.05) is 40.6 Å². The maximum Gasteiger partial charge on any atom is 0.262 e. The minimum Gasteiger partial charge on any atom is -0.616 e. The number of benzene rings is 1. The number of aromatic amines is 1. The zero-order chi connectivity index (χ0) is 29.7. The first-order valence-corrected chi connectivity index (χ1v) is 16.7. The molecule has 10 heteroatoms. The molecule has 1 aromatic carbocycles. The minimum absolute atomic E-state index is 0.107. The Morgan fingerprint density at radius 3 is 2.51 bits per heavy atom. The van der Waals surface area contributed by atoms with E-state index in [1.165, 1.54) is 5.56 Å². The number of aromatic nitrogens is 4. The monoisotopic (exact) mass is 599 g/mol. The van der Waals surface area contributed by atoms with Crippen molar-refractivity contribution in [3.8, 4) is 22.6 Å². The molecule has 2 saturated heterocycles. The Labute approximate surface area is 253 Å². The Bertz CT molecular complexity index is 1830. The predicted molar refractivity (Wildman–Crippen MR) is 170 cm³/mol. The molecular weight excluding hydrogens is 562 g/mol. The molecule has 0 bridgehead atoms. The van der Waals surface area contributed by atoms with Crippen LogP contribution < -0.4 is 5.56 Å². The van der Waals surface area contributed by atoms with Gasteiger partial charge in [-0.25, -0.2) is 4.98 Å². The zero-order valence-electron chi connectivity index (χ0n) is 24.9. The van der Waals surface area contributed by atoms with Crippen molar-refractivity contribution in [2.45, 2.75) is 50.3 Å². The van der Waals surface area contributed by atoms with Gasteiger partial charge in [0.15, 0.2) is 5.76 Å². The molecule has 1 unspecified atom stereocenters. The number of hydrogen-bond donors (Lipinski definition) is 1. The lowest BCUT2D eigenvalue weighted by molar-refractivity contribution is 0.0856. The molecular formula is C33H37N5O4S. The van der Waals surface area contributed by atoms with Crippen LogP contribution in [0.4, 0.5) is 0 Å². The Kier molecular flexibility index (Phi) is 7.63. The van der Waals surface area contributed by atoms with E-state index < -0.39 is 11.2 Å². The highest BCUT2D eigenvalue weighted by atomic mass is 32.2. The van der Waals surface area contributed by atoms with Gasteiger partial charge in [0.2, 0.25) is 0 Å². The van der Waals surface area contributed by atoms with Crippen LogP contribution in [0.1, 0.15) is 48.4 Å². The minimum atomic E-state index is -0.735. The van der Waals surface area contributed by atoms with E-state index in [0.29, 0.717) is 29.8 Å². The van der Waals surface area contributed by atoms with Gasteiger partial charge in [0.25, 0.3) is 5.56 Å². The zero-order valence-corrected chi connectivity index (χ0v) is 25.7. The molecule has 0 saturated carbocycles. The van der Waals surface area contributed by atoms with E-state index in [4.69, 9.17) is 14.2 Å². The van der Waals surface area contributed by atoms with Gasteiger partial charge < -0.3 is 23.4 Å². The van der Waals surface area contributed by atoms with Crippen molar-refractivity contribution < 1.29 is 13.8 Å². The Hall–Kier alpha value is -3.44. The van der Waals surface area contributed by atoms with Gasteiger partial charge in [0, 0.05) is 75.3 Å². The van der Waals surface area contributed by atoms with E-state index in [9.17, 15) is 9.35 Å². The molecule has 5 aromatic rings. The molecule has 0 spiro atoms. The summed E-state index contributed by atoms with van der Waals surface area (Å²) < 4.78 is 24.9. The van der Waals surface area contributed by atoms with Crippen LogP contribution in [0.2, 0.25) is 0 Å². The number of pyridine rings is 2. The van der Waals surface area contributed by atoms with E-state index in [1.807, 2.05) is 19.2 Å². The second-order valence-corrected chi connectivity index (χ2v) is 13.7. The first kappa shape index (κ1) is 28.3. The smallest absolute Gasteiger partial charge is 0.262 e. The van der Waals surface area contributed by atoms with E-state index in [1.54, 1.807) is 17.8 Å². The second-order valence-electron chi connectivity index (χ2n) is 12.0. The number of hydrogen-bond acceptors (Lipinski definition) is 7. The number of aryl methyl sites for hydroxylation is 2. The SMILES string of the molecule is Cc1cc(-c2c(C3CCOCC3)c3c4cc(-c5ccc(CN6CCC([S+](C)[O-])CC6)cc5)[nH]c4ncc3n(C)c2=O)on1. The number of nitrogens with one attached hydrogen (secondary N) is 1. The summed E-state index contributed by atoms with van der Waals surface area (Å²) >= 11 is -0.735. The maximum atomic E-state index is 13.8. The number of rotatable bonds is 6. The van der Waals surface area contributed by atoms with Crippen molar-refractivity contribution in [1.29, 1.82) is 0 Å². The van der Waals surface area contributed by atoms with Crippen molar-refractivity contribution in [3.05, 3.63) is 69.8 Å². The van der Waals surface area contributed by atoms with Crippen LogP contribution in [0, 0.1) is 6.92 Å². The molecule has 2 aliphatic rings. The van der Waals surface area contributed by atoms with Crippen LogP contribution in [0.15, 0.2) is 51.9 Å². The average Bonchev–Trinajstić information content (AvgIpc) is 3.66. The molecule has 7 rings (SSSR count). The first-order chi connectivity index (χ1) is 20.9. The Morgan fingerprint density at radius 2 is 1.84 bits per heavy atom. The summed E-state index contributed by atoms with van der Waals surface area (Å²) in [4.78, 5) is 24.6. The fraction of sp³-hybridized carbons (Fsp3) is 0.424. The lowest BCUT2D eigenvalue weighted by Gasteiger charge is -2.31. The molecule has 0 aliphatic carbocycles. The molecule has 1 N–H and O–H groups in total.